The molecule has 5 rings (SSSR count). The molecular weight excluding hydrogens is 521 g/mol. The molecule has 10 heteroatoms. The molecule has 40 heavy (non-hydrogen) atoms. The number of nitrogens with one attached hydrogen (secondary N) is 1. The Morgan fingerprint density at radius 2 is 1.85 bits per heavy atom. The smallest absolute Gasteiger partial charge is 0.301 e. The van der Waals surface area contributed by atoms with Gasteiger partial charge >= 0.3 is 5.92 Å². The second kappa shape index (κ2) is 10.8. The van der Waals surface area contributed by atoms with E-state index in [1.807, 2.05) is 0 Å². The number of hydrogen-bond acceptors (Lipinski definition) is 7. The van der Waals surface area contributed by atoms with Crippen LogP contribution >= 0.6 is 0 Å². The second-order valence-electron chi connectivity index (χ2n) is 11.2. The van der Waals surface area contributed by atoms with Crippen molar-refractivity contribution in [3.63, 3.8) is 0 Å². The number of nitrogens with zero attached hydrogens (tertiary/aromatic N) is 3. The molecule has 7 nitrogen and oxygen atoms in total. The van der Waals surface area contributed by atoms with Gasteiger partial charge < -0.3 is 25.2 Å². The Kier molecular flexibility index (Phi) is 7.71. The number of methoxy groups -OCH3 is 1. The van der Waals surface area contributed by atoms with Gasteiger partial charge in [-0.25, -0.2) is 14.4 Å². The highest BCUT2D eigenvalue weighted by Gasteiger charge is 2.41. The Bertz CT molecular complexity index is 1410. The maximum Gasteiger partial charge on any atom is 0.301 e. The minimum absolute atomic E-state index is 0.0529. The van der Waals surface area contributed by atoms with Gasteiger partial charge in [0.2, 0.25) is 0 Å². The number of fused-ring (bicyclic) bond motifs is 3. The molecule has 0 spiro atoms. The maximum absolute atomic E-state index is 15.4. The largest absolute Gasteiger partial charge is 0.387 e. The summed E-state index contributed by atoms with van der Waals surface area (Å²) in [5.74, 6) is -3.72. The first-order valence-electron chi connectivity index (χ1n) is 13.9. The average Bonchev–Trinajstić information content (AvgIpc) is 3.39. The van der Waals surface area contributed by atoms with E-state index in [2.05, 4.69) is 21.3 Å². The molecule has 1 aliphatic heterocycles. The zero-order chi connectivity index (χ0) is 28.8. The summed E-state index contributed by atoms with van der Waals surface area (Å²) in [6.45, 7) is 6.10. The molecule has 1 saturated heterocycles. The van der Waals surface area contributed by atoms with E-state index in [1.165, 1.54) is 23.3 Å². The lowest BCUT2D eigenvalue weighted by Gasteiger charge is -2.39. The number of piperidine rings is 1. The number of ether oxygens (including phenoxy) is 1. The zero-order valence-corrected chi connectivity index (χ0v) is 23.4. The van der Waals surface area contributed by atoms with Crippen molar-refractivity contribution in [3.8, 4) is 0 Å². The summed E-state index contributed by atoms with van der Waals surface area (Å²) in [7, 11) is 1.60. The molecule has 1 aromatic heterocycles. The number of alkyl halides is 2. The van der Waals surface area contributed by atoms with Gasteiger partial charge in [-0.05, 0) is 76.1 Å². The summed E-state index contributed by atoms with van der Waals surface area (Å²) in [4.78, 5) is 11.7. The van der Waals surface area contributed by atoms with E-state index in [-0.39, 0.29) is 5.56 Å². The Morgan fingerprint density at radius 1 is 1.15 bits per heavy atom. The molecule has 0 saturated carbocycles. The highest BCUT2D eigenvalue weighted by atomic mass is 19.3. The number of rotatable bonds is 8. The van der Waals surface area contributed by atoms with Crippen molar-refractivity contribution in [2.24, 2.45) is 0 Å². The van der Waals surface area contributed by atoms with E-state index >= 15 is 4.39 Å². The van der Waals surface area contributed by atoms with Gasteiger partial charge in [-0.2, -0.15) is 8.78 Å². The van der Waals surface area contributed by atoms with Crippen molar-refractivity contribution >= 4 is 22.4 Å². The van der Waals surface area contributed by atoms with Gasteiger partial charge in [-0.15, -0.1) is 0 Å². The molecule has 0 amide bonds. The van der Waals surface area contributed by atoms with E-state index in [0.29, 0.717) is 44.2 Å². The number of anilines is 2. The Morgan fingerprint density at radius 3 is 2.52 bits per heavy atom. The third-order valence-electron chi connectivity index (χ3n) is 8.33. The molecular formula is C30H37F3N4O3. The van der Waals surface area contributed by atoms with Crippen molar-refractivity contribution < 1.29 is 28.1 Å². The quantitative estimate of drug-likeness (QED) is 0.351. The molecule has 1 aliphatic carbocycles. The average molecular weight is 559 g/mol. The van der Waals surface area contributed by atoms with Crippen molar-refractivity contribution in [1.82, 2.24) is 9.97 Å². The van der Waals surface area contributed by atoms with Crippen LogP contribution in [0.2, 0.25) is 0 Å². The summed E-state index contributed by atoms with van der Waals surface area (Å²) in [5, 5.41) is 24.5. The van der Waals surface area contributed by atoms with Gasteiger partial charge in [0.15, 0.2) is 0 Å². The lowest BCUT2D eigenvalue weighted by Crippen LogP contribution is -2.47. The zero-order valence-electron chi connectivity index (χ0n) is 23.4. The van der Waals surface area contributed by atoms with Gasteiger partial charge in [-0.1, -0.05) is 12.1 Å². The van der Waals surface area contributed by atoms with Crippen molar-refractivity contribution in [1.29, 1.82) is 0 Å². The van der Waals surface area contributed by atoms with Gasteiger partial charge in [0.1, 0.15) is 23.6 Å². The summed E-state index contributed by atoms with van der Waals surface area (Å²) in [6, 6.07) is 5.21. The number of benzene rings is 2. The molecule has 0 bridgehead atoms. The number of aliphatic hydroxyl groups is 2. The van der Waals surface area contributed by atoms with Crippen LogP contribution in [0.15, 0.2) is 24.3 Å². The molecule has 3 aromatic rings. The predicted molar refractivity (Wildman–Crippen MR) is 149 cm³/mol. The first kappa shape index (κ1) is 28.6. The number of hydrogen-bond donors (Lipinski definition) is 3. The third-order valence-corrected chi connectivity index (χ3v) is 8.33. The molecule has 3 N–H and O–H groups in total. The van der Waals surface area contributed by atoms with Crippen LogP contribution in [-0.2, 0) is 23.5 Å². The van der Waals surface area contributed by atoms with Crippen molar-refractivity contribution in [2.45, 2.75) is 76.5 Å². The van der Waals surface area contributed by atoms with Crippen molar-refractivity contribution in [3.05, 3.63) is 58.2 Å². The van der Waals surface area contributed by atoms with Gasteiger partial charge in [0.05, 0.1) is 29.3 Å². The van der Waals surface area contributed by atoms with Gasteiger partial charge in [0.25, 0.3) is 0 Å². The first-order valence-corrected chi connectivity index (χ1v) is 13.9. The number of aromatic nitrogens is 2. The second-order valence-corrected chi connectivity index (χ2v) is 11.2. The summed E-state index contributed by atoms with van der Waals surface area (Å²) in [6.07, 6.45) is 1.99. The van der Waals surface area contributed by atoms with E-state index in [9.17, 15) is 19.0 Å². The Balaban J connectivity index is 1.53. The van der Waals surface area contributed by atoms with Gasteiger partial charge in [0, 0.05) is 36.8 Å². The van der Waals surface area contributed by atoms with E-state index in [4.69, 9.17) is 9.72 Å². The SMILES string of the molecule is COCC1(O)CCN(c2cc3c(N[C@H](C)c4cccc(C(F)(F)C(C)O)c4F)nc(C)nc3c3c2CCC3)CC1. The maximum atomic E-state index is 15.4. The van der Waals surface area contributed by atoms with E-state index < -0.39 is 35.1 Å². The third kappa shape index (κ3) is 5.12. The minimum Gasteiger partial charge on any atom is -0.387 e. The molecule has 216 valence electrons. The summed E-state index contributed by atoms with van der Waals surface area (Å²) >= 11 is 0. The van der Waals surface area contributed by atoms with Crippen LogP contribution in [0.5, 0.6) is 0 Å². The molecule has 2 aromatic carbocycles. The van der Waals surface area contributed by atoms with Crippen LogP contribution in [0.1, 0.15) is 67.2 Å². The summed E-state index contributed by atoms with van der Waals surface area (Å²) < 4.78 is 49.7. The predicted octanol–water partition coefficient (Wildman–Crippen LogP) is 5.19. The molecule has 2 aliphatic rings. The van der Waals surface area contributed by atoms with Crippen LogP contribution in [0.25, 0.3) is 10.9 Å². The topological polar surface area (TPSA) is 90.7 Å². The van der Waals surface area contributed by atoms with E-state index in [1.54, 1.807) is 21.0 Å². The monoisotopic (exact) mass is 558 g/mol. The molecule has 0 radical (unpaired) electrons. The fourth-order valence-electron chi connectivity index (χ4n) is 6.08. The molecule has 2 atom stereocenters. The lowest BCUT2D eigenvalue weighted by molar-refractivity contribution is -0.108. The highest BCUT2D eigenvalue weighted by molar-refractivity contribution is 5.96. The standard InChI is InChI=1S/C30H37F3N4O3/c1-17(20-7-6-10-24(26(20)31)30(32,33)18(2)38)34-28-23-15-25(37-13-11-29(39,12-14-37)16-40-4)21-8-5-9-22(21)27(23)35-19(3)36-28/h6-7,10,15,17-18,38-39H,5,8-9,11-14,16H2,1-4H3,(H,34,35,36)/t17-,18?/m1/s1. The van der Waals surface area contributed by atoms with Crippen LogP contribution in [-0.4, -0.2) is 58.7 Å². The first-order chi connectivity index (χ1) is 18.9. The van der Waals surface area contributed by atoms with Crippen LogP contribution < -0.4 is 10.2 Å². The number of aliphatic hydroxyl groups excluding tert-OH is 1. The van der Waals surface area contributed by atoms with Gasteiger partial charge in [-0.3, -0.25) is 0 Å². The van der Waals surface area contributed by atoms with Crippen molar-refractivity contribution in [2.75, 3.05) is 37.0 Å². The van der Waals surface area contributed by atoms with Crippen LogP contribution in [0.4, 0.5) is 24.7 Å². The molecule has 2 heterocycles. The summed E-state index contributed by atoms with van der Waals surface area (Å²) in [5.41, 5.74) is 2.76. The molecule has 1 fully saturated rings. The van der Waals surface area contributed by atoms with Crippen LogP contribution in [0.3, 0.4) is 0 Å². The number of aryl methyl sites for hydroxylation is 2. The minimum atomic E-state index is -3.72. The number of halogens is 3. The Hall–Kier alpha value is -2.95. The fraction of sp³-hybridized carbons (Fsp3) is 0.533. The fourth-order valence-corrected chi connectivity index (χ4v) is 6.08. The van der Waals surface area contributed by atoms with Crippen LogP contribution in [0, 0.1) is 12.7 Å². The normalized spacial score (nSPS) is 18.6. The molecule has 1 unspecified atom stereocenters. The highest BCUT2D eigenvalue weighted by Crippen LogP contribution is 2.41. The lowest BCUT2D eigenvalue weighted by atomic mass is 9.91. The Labute approximate surface area is 232 Å². The van der Waals surface area contributed by atoms with E-state index in [0.717, 1.165) is 48.8 Å².